The van der Waals surface area contributed by atoms with Crippen molar-refractivity contribution in [3.8, 4) is 0 Å². The van der Waals surface area contributed by atoms with E-state index in [2.05, 4.69) is 22.6 Å². The number of thiophene rings is 1. The van der Waals surface area contributed by atoms with E-state index in [9.17, 15) is 9.59 Å². The van der Waals surface area contributed by atoms with E-state index in [0.717, 1.165) is 30.4 Å². The van der Waals surface area contributed by atoms with E-state index in [0.29, 0.717) is 26.8 Å². The minimum atomic E-state index is -0.791. The molecule has 1 aliphatic carbocycles. The molecule has 0 aliphatic heterocycles. The lowest BCUT2D eigenvalue weighted by atomic mass is 9.89. The number of hydrogen-bond donors (Lipinski definition) is 1. The van der Waals surface area contributed by atoms with Crippen molar-refractivity contribution in [1.29, 1.82) is 0 Å². The standard InChI is InChI=1S/C20H21ClN4O2S/c1-10-7-8-13-16(9-10)28-19-17(13)20(27)25(24-23-19)12(3)18(26)22-15-6-4-5-14(21)11(15)2/h4-6,10,12H,7-9H2,1-3H3,(H,22,26)/t10-,12+/m0/s1. The minimum Gasteiger partial charge on any atom is -0.324 e. The van der Waals surface area contributed by atoms with Gasteiger partial charge in [0.2, 0.25) is 5.91 Å². The van der Waals surface area contributed by atoms with Crippen molar-refractivity contribution in [3.63, 3.8) is 0 Å². The van der Waals surface area contributed by atoms with Crippen LogP contribution in [0.3, 0.4) is 0 Å². The van der Waals surface area contributed by atoms with Crippen LogP contribution in [-0.4, -0.2) is 20.9 Å². The summed E-state index contributed by atoms with van der Waals surface area (Å²) in [6, 6.07) is 4.52. The Morgan fingerprint density at radius 1 is 1.43 bits per heavy atom. The molecule has 28 heavy (non-hydrogen) atoms. The number of halogens is 1. The van der Waals surface area contributed by atoms with E-state index in [1.165, 1.54) is 9.56 Å². The van der Waals surface area contributed by atoms with Gasteiger partial charge in [0.05, 0.1) is 5.39 Å². The van der Waals surface area contributed by atoms with Crippen LogP contribution in [-0.2, 0) is 17.6 Å². The summed E-state index contributed by atoms with van der Waals surface area (Å²) < 4.78 is 1.18. The van der Waals surface area contributed by atoms with Crippen molar-refractivity contribution < 1.29 is 4.79 Å². The molecular weight excluding hydrogens is 396 g/mol. The van der Waals surface area contributed by atoms with Crippen molar-refractivity contribution in [2.24, 2.45) is 5.92 Å². The highest BCUT2D eigenvalue weighted by molar-refractivity contribution is 7.18. The van der Waals surface area contributed by atoms with E-state index < -0.39 is 6.04 Å². The smallest absolute Gasteiger partial charge is 0.279 e. The lowest BCUT2D eigenvalue weighted by Gasteiger charge is -2.18. The van der Waals surface area contributed by atoms with E-state index >= 15 is 0 Å². The van der Waals surface area contributed by atoms with Gasteiger partial charge in [-0.25, -0.2) is 0 Å². The van der Waals surface area contributed by atoms with Crippen LogP contribution in [0, 0.1) is 12.8 Å². The molecule has 2 aromatic heterocycles. The molecule has 1 aromatic carbocycles. The van der Waals surface area contributed by atoms with Gasteiger partial charge in [-0.05, 0) is 62.3 Å². The third kappa shape index (κ3) is 3.22. The molecule has 0 unspecified atom stereocenters. The van der Waals surface area contributed by atoms with Gasteiger partial charge in [-0.15, -0.1) is 16.4 Å². The van der Waals surface area contributed by atoms with Gasteiger partial charge in [0, 0.05) is 15.6 Å². The Kier molecular flexibility index (Phi) is 4.97. The van der Waals surface area contributed by atoms with Gasteiger partial charge in [-0.2, -0.15) is 4.68 Å². The van der Waals surface area contributed by atoms with Crippen LogP contribution in [0.5, 0.6) is 0 Å². The van der Waals surface area contributed by atoms with Crippen LogP contribution in [0.4, 0.5) is 5.69 Å². The predicted octanol–water partition coefficient (Wildman–Crippen LogP) is 4.14. The van der Waals surface area contributed by atoms with Crippen LogP contribution in [0.15, 0.2) is 23.0 Å². The Bertz CT molecular complexity index is 1140. The Balaban J connectivity index is 1.68. The number of anilines is 1. The molecule has 0 saturated heterocycles. The zero-order valence-corrected chi connectivity index (χ0v) is 17.5. The van der Waals surface area contributed by atoms with Crippen molar-refractivity contribution in [1.82, 2.24) is 15.0 Å². The third-order valence-corrected chi connectivity index (χ3v) is 6.97. The van der Waals surface area contributed by atoms with Gasteiger partial charge in [0.1, 0.15) is 6.04 Å². The summed E-state index contributed by atoms with van der Waals surface area (Å²) in [6.07, 6.45) is 2.91. The van der Waals surface area contributed by atoms with E-state index in [1.54, 1.807) is 36.5 Å². The molecule has 1 N–H and O–H groups in total. The lowest BCUT2D eigenvalue weighted by Crippen LogP contribution is -2.34. The summed E-state index contributed by atoms with van der Waals surface area (Å²) in [4.78, 5) is 27.8. The molecular formula is C20H21ClN4O2S. The molecule has 3 aromatic rings. The lowest BCUT2D eigenvalue weighted by molar-refractivity contribution is -0.119. The van der Waals surface area contributed by atoms with Crippen molar-refractivity contribution in [2.45, 2.75) is 46.1 Å². The number of hydrogen-bond acceptors (Lipinski definition) is 5. The predicted molar refractivity (Wildman–Crippen MR) is 112 cm³/mol. The Morgan fingerprint density at radius 2 is 2.21 bits per heavy atom. The number of rotatable bonds is 3. The topological polar surface area (TPSA) is 76.9 Å². The zero-order chi connectivity index (χ0) is 20.0. The fraction of sp³-hybridized carbons (Fsp3) is 0.400. The monoisotopic (exact) mass is 416 g/mol. The maximum Gasteiger partial charge on any atom is 0.279 e. The van der Waals surface area contributed by atoms with Gasteiger partial charge in [-0.3, -0.25) is 9.59 Å². The van der Waals surface area contributed by atoms with Crippen LogP contribution >= 0.6 is 22.9 Å². The van der Waals surface area contributed by atoms with Crippen LogP contribution in [0.1, 0.15) is 42.3 Å². The molecule has 1 amide bonds. The molecule has 6 nitrogen and oxygen atoms in total. The summed E-state index contributed by atoms with van der Waals surface area (Å²) in [7, 11) is 0. The molecule has 2 atom stereocenters. The first kappa shape index (κ1) is 19.1. The Labute approximate surface area is 171 Å². The molecule has 1 aliphatic rings. The average molecular weight is 417 g/mol. The molecule has 2 heterocycles. The first-order valence-electron chi connectivity index (χ1n) is 9.32. The zero-order valence-electron chi connectivity index (χ0n) is 16.0. The number of nitrogens with zero attached hydrogens (tertiary/aromatic N) is 3. The third-order valence-electron chi connectivity index (χ3n) is 5.42. The maximum atomic E-state index is 13.1. The maximum absolute atomic E-state index is 13.1. The number of nitrogens with one attached hydrogen (secondary N) is 1. The highest BCUT2D eigenvalue weighted by Crippen LogP contribution is 2.35. The summed E-state index contributed by atoms with van der Waals surface area (Å²) in [5.41, 5.74) is 2.24. The van der Waals surface area contributed by atoms with E-state index in [1.807, 2.05) is 6.92 Å². The average Bonchev–Trinajstić information content (AvgIpc) is 3.03. The summed E-state index contributed by atoms with van der Waals surface area (Å²) in [6.45, 7) is 5.71. The summed E-state index contributed by atoms with van der Waals surface area (Å²) in [5, 5.41) is 12.3. The fourth-order valence-corrected chi connectivity index (χ4v) is 5.11. The second-order valence-electron chi connectivity index (χ2n) is 7.45. The number of aryl methyl sites for hydroxylation is 1. The van der Waals surface area contributed by atoms with Crippen LogP contribution < -0.4 is 10.9 Å². The second kappa shape index (κ2) is 7.29. The number of carbonyl (C=O) groups is 1. The Hall–Kier alpha value is -2.25. The van der Waals surface area contributed by atoms with Crippen molar-refractivity contribution in [3.05, 3.63) is 49.6 Å². The summed E-state index contributed by atoms with van der Waals surface area (Å²) in [5.74, 6) is 0.278. The first-order valence-corrected chi connectivity index (χ1v) is 10.5. The largest absolute Gasteiger partial charge is 0.324 e. The molecule has 0 fully saturated rings. The highest BCUT2D eigenvalue weighted by Gasteiger charge is 2.26. The molecule has 0 saturated carbocycles. The minimum absolute atomic E-state index is 0.248. The van der Waals surface area contributed by atoms with E-state index in [-0.39, 0.29) is 11.5 Å². The fourth-order valence-electron chi connectivity index (χ4n) is 3.62. The van der Waals surface area contributed by atoms with Crippen molar-refractivity contribution >= 4 is 44.7 Å². The van der Waals surface area contributed by atoms with E-state index in [4.69, 9.17) is 11.6 Å². The molecule has 8 heteroatoms. The molecule has 146 valence electrons. The van der Waals surface area contributed by atoms with Gasteiger partial charge >= 0.3 is 0 Å². The highest BCUT2D eigenvalue weighted by atomic mass is 35.5. The van der Waals surface area contributed by atoms with Gasteiger partial charge < -0.3 is 5.32 Å². The number of amides is 1. The number of fused-ring (bicyclic) bond motifs is 3. The normalized spacial score (nSPS) is 17.4. The van der Waals surface area contributed by atoms with Gasteiger partial charge in [-0.1, -0.05) is 29.8 Å². The summed E-state index contributed by atoms with van der Waals surface area (Å²) >= 11 is 7.67. The van der Waals surface area contributed by atoms with Gasteiger partial charge in [0.25, 0.3) is 5.56 Å². The molecule has 4 rings (SSSR count). The SMILES string of the molecule is Cc1c(Cl)cccc1NC(=O)[C@@H](C)n1nnc2sc3c(c2c1=O)CC[C@H](C)C3. The second-order valence-corrected chi connectivity index (χ2v) is 8.94. The number of carbonyl (C=O) groups excluding carboxylic acids is 1. The van der Waals surface area contributed by atoms with Gasteiger partial charge in [0.15, 0.2) is 4.83 Å². The molecule has 0 radical (unpaired) electrons. The van der Waals surface area contributed by atoms with Crippen molar-refractivity contribution in [2.75, 3.05) is 5.32 Å². The van der Waals surface area contributed by atoms with Crippen LogP contribution in [0.2, 0.25) is 5.02 Å². The molecule has 0 spiro atoms. The molecule has 0 bridgehead atoms. The number of aromatic nitrogens is 3. The first-order chi connectivity index (χ1) is 13.4. The Morgan fingerprint density at radius 3 is 3.00 bits per heavy atom. The number of benzene rings is 1. The van der Waals surface area contributed by atoms with Crippen LogP contribution in [0.25, 0.3) is 10.2 Å². The quantitative estimate of drug-likeness (QED) is 0.696.